The van der Waals surface area contributed by atoms with Crippen LogP contribution in [0, 0.1) is 35.3 Å². The van der Waals surface area contributed by atoms with E-state index in [4.69, 9.17) is 34.7 Å². The first-order valence-electron chi connectivity index (χ1n) is 25.1. The number of hydrogen-bond acceptors (Lipinski definition) is 14. The Hall–Kier alpha value is -7.16. The van der Waals surface area contributed by atoms with Crippen LogP contribution in [0.3, 0.4) is 0 Å². The largest absolute Gasteiger partial charge is 0.395 e. The minimum absolute atomic E-state index is 0.00413. The standard InChI is InChI=1S/2C27H28ClFN6O2.C2H6/c1-3-23-20(6-4-18-5-7-24(30)31-14-18)26(33-16-32-23)19-12-21(28)25(22(29)13-19)27(37)35-10-8-34(9-11-35)17(2)15-36;1-3-23-20(6-4-18-5-7-24(30)31-14-18)26(33-16-32-23)19-12-21(28)25(22(29)13-19)27(37)35-10-8-34(9-11-35)15-17(2)36;1-2/h2*5,7,12-14,16-17,36H,3,8-11,15H2,1-2H3,(H2,30,31);1-2H3. The third kappa shape index (κ3) is 14.6. The Bertz CT molecular complexity index is 3060. The Balaban J connectivity index is 0.000000239. The second-order valence-corrected chi connectivity index (χ2v) is 18.5. The van der Waals surface area contributed by atoms with Gasteiger partial charge in [-0.1, -0.05) is 74.6 Å². The van der Waals surface area contributed by atoms with Crippen molar-refractivity contribution in [3.8, 4) is 46.2 Å². The Morgan fingerprint density at radius 3 is 1.42 bits per heavy atom. The molecule has 4 aromatic heterocycles. The summed E-state index contributed by atoms with van der Waals surface area (Å²) in [6.07, 6.45) is 6.68. The van der Waals surface area contributed by atoms with E-state index in [0.717, 1.165) is 0 Å². The van der Waals surface area contributed by atoms with Gasteiger partial charge >= 0.3 is 0 Å². The average molecular weight is 1080 g/mol. The minimum Gasteiger partial charge on any atom is -0.395 e. The third-order valence-corrected chi connectivity index (χ3v) is 13.1. The van der Waals surface area contributed by atoms with Gasteiger partial charge < -0.3 is 31.5 Å². The van der Waals surface area contributed by atoms with Crippen molar-refractivity contribution < 1.29 is 28.6 Å². The summed E-state index contributed by atoms with van der Waals surface area (Å²) < 4.78 is 30.8. The molecule has 2 fully saturated rings. The molecule has 20 heteroatoms. The van der Waals surface area contributed by atoms with Crippen LogP contribution in [0.1, 0.15) is 95.9 Å². The van der Waals surface area contributed by atoms with Gasteiger partial charge in [0, 0.05) is 99.6 Å². The topological polar surface area (TPSA) is 217 Å². The molecule has 2 aliphatic rings. The number of piperazine rings is 2. The zero-order valence-corrected chi connectivity index (χ0v) is 44.9. The second-order valence-electron chi connectivity index (χ2n) is 17.7. The number of aliphatic hydroxyl groups is 2. The number of pyridine rings is 2. The van der Waals surface area contributed by atoms with Gasteiger partial charge in [0.25, 0.3) is 11.8 Å². The fourth-order valence-corrected chi connectivity index (χ4v) is 9.02. The molecule has 6 aromatic rings. The molecule has 76 heavy (non-hydrogen) atoms. The quantitative estimate of drug-likeness (QED) is 0.101. The first-order valence-corrected chi connectivity index (χ1v) is 25.8. The minimum atomic E-state index is -0.725. The van der Waals surface area contributed by atoms with Crippen molar-refractivity contribution in [1.82, 2.24) is 49.5 Å². The van der Waals surface area contributed by atoms with Crippen LogP contribution in [0.4, 0.5) is 20.4 Å². The summed E-state index contributed by atoms with van der Waals surface area (Å²) in [6, 6.07) is 12.4. The lowest BCUT2D eigenvalue weighted by atomic mass is 10.0. The van der Waals surface area contributed by atoms with Crippen molar-refractivity contribution in [2.24, 2.45) is 0 Å². The summed E-state index contributed by atoms with van der Waals surface area (Å²) in [5.74, 6) is 10.7. The smallest absolute Gasteiger partial charge is 0.258 e. The number of β-amino-alcohol motifs (C(OH)–C–C–N with tert-alkyl or cyclic N) is 1. The lowest BCUT2D eigenvalue weighted by Crippen LogP contribution is -2.52. The number of aromatic nitrogens is 6. The van der Waals surface area contributed by atoms with Gasteiger partial charge in [-0.05, 0) is 75.2 Å². The lowest BCUT2D eigenvalue weighted by Gasteiger charge is -2.37. The normalized spacial score (nSPS) is 14.4. The Kier molecular flexibility index (Phi) is 21.1. The lowest BCUT2D eigenvalue weighted by molar-refractivity contribution is 0.0507. The van der Waals surface area contributed by atoms with E-state index in [1.54, 1.807) is 65.5 Å². The Morgan fingerprint density at radius 1 is 0.645 bits per heavy atom. The van der Waals surface area contributed by atoms with E-state index in [-0.39, 0.29) is 33.8 Å². The molecule has 398 valence electrons. The van der Waals surface area contributed by atoms with Gasteiger partial charge in [0.1, 0.15) is 35.9 Å². The molecule has 0 saturated carbocycles. The molecule has 0 radical (unpaired) electrons. The zero-order chi connectivity index (χ0) is 55.1. The fraction of sp³-hybridized carbons (Fsp3) is 0.357. The van der Waals surface area contributed by atoms with Crippen molar-refractivity contribution in [2.45, 2.75) is 66.5 Å². The van der Waals surface area contributed by atoms with Crippen molar-refractivity contribution >= 4 is 46.7 Å². The summed E-state index contributed by atoms with van der Waals surface area (Å²) in [7, 11) is 0. The summed E-state index contributed by atoms with van der Waals surface area (Å²) in [6.45, 7) is 16.2. The molecule has 2 amide bonds. The number of halogens is 4. The molecule has 6 N–H and O–H groups in total. The van der Waals surface area contributed by atoms with E-state index in [1.165, 1.54) is 24.8 Å². The predicted octanol–water partition coefficient (Wildman–Crippen LogP) is 7.05. The number of aryl methyl sites for hydroxylation is 2. The molecule has 2 aliphatic heterocycles. The maximum Gasteiger partial charge on any atom is 0.258 e. The van der Waals surface area contributed by atoms with Gasteiger partial charge in [0.05, 0.1) is 67.8 Å². The first-order chi connectivity index (χ1) is 36.6. The second kappa shape index (κ2) is 27.6. The molecule has 2 unspecified atom stereocenters. The number of anilines is 2. The monoisotopic (exact) mass is 1070 g/mol. The van der Waals surface area contributed by atoms with Crippen LogP contribution in [0.25, 0.3) is 22.5 Å². The number of amides is 2. The molecule has 0 aliphatic carbocycles. The van der Waals surface area contributed by atoms with Crippen LogP contribution in [-0.4, -0.2) is 149 Å². The highest BCUT2D eigenvalue weighted by Crippen LogP contribution is 2.33. The highest BCUT2D eigenvalue weighted by Gasteiger charge is 2.30. The Labute approximate surface area is 452 Å². The number of aliphatic hydroxyl groups excluding tert-OH is 2. The van der Waals surface area contributed by atoms with E-state index in [1.807, 2.05) is 34.6 Å². The Morgan fingerprint density at radius 2 is 1.07 bits per heavy atom. The number of rotatable bonds is 10. The summed E-state index contributed by atoms with van der Waals surface area (Å²) >= 11 is 13.0. The van der Waals surface area contributed by atoms with E-state index in [2.05, 4.69) is 63.4 Å². The molecule has 0 bridgehead atoms. The molecule has 2 saturated heterocycles. The summed E-state index contributed by atoms with van der Waals surface area (Å²) in [4.78, 5) is 59.1. The molecule has 0 spiro atoms. The van der Waals surface area contributed by atoms with Gasteiger partial charge in [-0.25, -0.2) is 38.7 Å². The SMILES string of the molecule is CC.CCc1ncnc(-c2cc(F)c(C(=O)N3CCN(C(C)CO)CC3)c(Cl)c2)c1C#Cc1ccc(N)nc1.CCc1ncnc(-c2cc(F)c(C(=O)N3CCN(CC(C)O)CC3)c(Cl)c2)c1C#Cc1ccc(N)nc1. The number of nitrogen functional groups attached to an aromatic ring is 2. The van der Waals surface area contributed by atoms with E-state index in [9.17, 15) is 19.8 Å². The number of benzene rings is 2. The number of hydrogen-bond donors (Lipinski definition) is 4. The molecule has 8 rings (SSSR count). The number of nitrogens with two attached hydrogens (primary N) is 2. The van der Waals surface area contributed by atoms with Crippen molar-refractivity contribution in [3.05, 3.63) is 140 Å². The summed E-state index contributed by atoms with van der Waals surface area (Å²) in [5, 5.41) is 19.0. The van der Waals surface area contributed by atoms with Crippen LogP contribution in [0.15, 0.2) is 73.6 Å². The van der Waals surface area contributed by atoms with Crippen molar-refractivity contribution in [3.63, 3.8) is 0 Å². The number of nitrogens with zero attached hydrogens (tertiary/aromatic N) is 10. The van der Waals surface area contributed by atoms with Crippen LogP contribution in [0.5, 0.6) is 0 Å². The highest BCUT2D eigenvalue weighted by atomic mass is 35.5. The molecular weight excluding hydrogens is 1010 g/mol. The van der Waals surface area contributed by atoms with Gasteiger partial charge in [-0.3, -0.25) is 19.4 Å². The van der Waals surface area contributed by atoms with Crippen molar-refractivity contribution in [2.75, 3.05) is 77.0 Å². The van der Waals surface area contributed by atoms with Crippen LogP contribution >= 0.6 is 23.2 Å². The van der Waals surface area contributed by atoms with Gasteiger partial charge in [0.15, 0.2) is 0 Å². The summed E-state index contributed by atoms with van der Waals surface area (Å²) in [5.41, 5.74) is 16.4. The predicted molar refractivity (Wildman–Crippen MR) is 292 cm³/mol. The average Bonchev–Trinajstić information content (AvgIpc) is 3.43. The molecule has 2 atom stereocenters. The molecule has 6 heterocycles. The van der Waals surface area contributed by atoms with Crippen LogP contribution < -0.4 is 11.5 Å². The number of carbonyl (C=O) groups is 2. The maximum absolute atomic E-state index is 15.4. The van der Waals surface area contributed by atoms with E-state index >= 15 is 8.78 Å². The molecule has 16 nitrogen and oxygen atoms in total. The van der Waals surface area contributed by atoms with Gasteiger partial charge in [-0.15, -0.1) is 0 Å². The van der Waals surface area contributed by atoms with Gasteiger partial charge in [0.2, 0.25) is 0 Å². The van der Waals surface area contributed by atoms with Crippen LogP contribution in [0.2, 0.25) is 10.0 Å². The fourth-order valence-electron chi connectivity index (χ4n) is 8.44. The van der Waals surface area contributed by atoms with E-state index < -0.39 is 29.6 Å². The molecule has 2 aromatic carbocycles. The van der Waals surface area contributed by atoms with Crippen LogP contribution in [-0.2, 0) is 12.8 Å². The van der Waals surface area contributed by atoms with E-state index in [0.29, 0.717) is 140 Å². The van der Waals surface area contributed by atoms with Gasteiger partial charge in [-0.2, -0.15) is 0 Å². The van der Waals surface area contributed by atoms with Crippen molar-refractivity contribution in [1.29, 1.82) is 0 Å². The highest BCUT2D eigenvalue weighted by molar-refractivity contribution is 6.34. The molecular formula is C56H62Cl2F2N12O4. The zero-order valence-electron chi connectivity index (χ0n) is 43.4. The first kappa shape index (κ1) is 58.1. The maximum atomic E-state index is 15.4. The number of carbonyl (C=O) groups excluding carboxylic acids is 2. The third-order valence-electron chi connectivity index (χ3n) is 12.5.